The van der Waals surface area contributed by atoms with E-state index in [0.717, 1.165) is 40.5 Å². The molecule has 0 radical (unpaired) electrons. The number of benzene rings is 3. The van der Waals surface area contributed by atoms with Gasteiger partial charge in [0.15, 0.2) is 11.5 Å². The number of fused-ring (bicyclic) bond motifs is 2. The van der Waals surface area contributed by atoms with Crippen LogP contribution >= 0.6 is 0 Å². The molecule has 3 heterocycles. The summed E-state index contributed by atoms with van der Waals surface area (Å²) >= 11 is 0. The van der Waals surface area contributed by atoms with Crippen LogP contribution in [0.4, 0.5) is 11.5 Å². The molecule has 5 heteroatoms. The summed E-state index contributed by atoms with van der Waals surface area (Å²) in [6, 6.07) is 31.2. The van der Waals surface area contributed by atoms with Crippen molar-refractivity contribution in [3.8, 4) is 22.8 Å². The number of ether oxygens (including phenoxy) is 2. The Labute approximate surface area is 185 Å². The molecular weight excluding hydrogens is 398 g/mol. The molecule has 0 atom stereocenters. The topological polar surface area (TPSA) is 48.3 Å². The van der Waals surface area contributed by atoms with Crippen LogP contribution in [-0.4, -0.2) is 16.3 Å². The zero-order chi connectivity index (χ0) is 21.3. The van der Waals surface area contributed by atoms with Crippen LogP contribution in [0.15, 0.2) is 97.2 Å². The molecular formula is C27H21N3O2. The lowest BCUT2D eigenvalue weighted by Crippen LogP contribution is -2.02. The van der Waals surface area contributed by atoms with Crippen molar-refractivity contribution in [1.29, 1.82) is 0 Å². The van der Waals surface area contributed by atoms with Crippen molar-refractivity contribution in [3.05, 3.63) is 103 Å². The predicted octanol–water partition coefficient (Wildman–Crippen LogP) is 6.22. The fourth-order valence-corrected chi connectivity index (χ4v) is 4.13. The van der Waals surface area contributed by atoms with Crippen molar-refractivity contribution in [2.75, 3.05) is 12.1 Å². The van der Waals surface area contributed by atoms with E-state index < -0.39 is 0 Å². The molecule has 1 aliphatic heterocycles. The molecule has 0 spiro atoms. The highest BCUT2D eigenvalue weighted by Crippen LogP contribution is 2.35. The van der Waals surface area contributed by atoms with E-state index in [1.165, 1.54) is 16.8 Å². The molecule has 156 valence electrons. The van der Waals surface area contributed by atoms with Gasteiger partial charge in [-0.25, -0.2) is 4.98 Å². The second-order valence-electron chi connectivity index (χ2n) is 7.79. The monoisotopic (exact) mass is 419 g/mol. The van der Waals surface area contributed by atoms with Crippen molar-refractivity contribution in [3.63, 3.8) is 0 Å². The molecule has 0 saturated carbocycles. The molecule has 0 saturated heterocycles. The summed E-state index contributed by atoms with van der Waals surface area (Å²) in [7, 11) is 0. The third kappa shape index (κ3) is 3.44. The normalized spacial score (nSPS) is 12.2. The quantitative estimate of drug-likeness (QED) is 0.367. The summed E-state index contributed by atoms with van der Waals surface area (Å²) in [6.45, 7) is 1.04. The predicted molar refractivity (Wildman–Crippen MR) is 127 cm³/mol. The first-order valence-corrected chi connectivity index (χ1v) is 10.6. The van der Waals surface area contributed by atoms with Gasteiger partial charge >= 0.3 is 0 Å². The van der Waals surface area contributed by atoms with Gasteiger partial charge in [0.25, 0.3) is 0 Å². The van der Waals surface area contributed by atoms with E-state index in [-0.39, 0.29) is 6.79 Å². The molecule has 0 aliphatic carbocycles. The Morgan fingerprint density at radius 2 is 1.59 bits per heavy atom. The van der Waals surface area contributed by atoms with E-state index in [2.05, 4.69) is 75.5 Å². The minimum Gasteiger partial charge on any atom is -0.454 e. The van der Waals surface area contributed by atoms with Gasteiger partial charge in [0, 0.05) is 41.6 Å². The molecule has 0 amide bonds. The number of aromatic nitrogens is 2. The zero-order valence-corrected chi connectivity index (χ0v) is 17.4. The summed E-state index contributed by atoms with van der Waals surface area (Å²) < 4.78 is 13.3. The van der Waals surface area contributed by atoms with E-state index in [1.54, 1.807) is 0 Å². The Hall–Kier alpha value is -4.25. The number of hydrogen-bond acceptors (Lipinski definition) is 4. The van der Waals surface area contributed by atoms with Gasteiger partial charge in [-0.15, -0.1) is 0 Å². The lowest BCUT2D eigenvalue weighted by atomic mass is 10.1. The molecule has 1 N–H and O–H groups in total. The summed E-state index contributed by atoms with van der Waals surface area (Å²) in [5, 5.41) is 4.51. The summed E-state index contributed by atoms with van der Waals surface area (Å²) in [5.74, 6) is 2.29. The smallest absolute Gasteiger partial charge is 0.231 e. The van der Waals surface area contributed by atoms with E-state index in [4.69, 9.17) is 9.47 Å². The van der Waals surface area contributed by atoms with Crippen molar-refractivity contribution >= 4 is 22.4 Å². The van der Waals surface area contributed by atoms with Gasteiger partial charge in [-0.2, -0.15) is 0 Å². The molecule has 3 aromatic carbocycles. The summed E-state index contributed by atoms with van der Waals surface area (Å²) in [4.78, 5) is 4.65. The number of rotatable bonds is 5. The molecule has 0 fully saturated rings. The Morgan fingerprint density at radius 3 is 2.44 bits per heavy atom. The first kappa shape index (κ1) is 18.5. The van der Waals surface area contributed by atoms with Crippen molar-refractivity contribution in [2.24, 2.45) is 0 Å². The molecule has 0 unspecified atom stereocenters. The molecule has 6 rings (SSSR count). The van der Waals surface area contributed by atoms with Crippen molar-refractivity contribution < 1.29 is 9.47 Å². The van der Waals surface area contributed by atoms with Crippen LogP contribution in [0, 0.1) is 0 Å². The highest BCUT2D eigenvalue weighted by atomic mass is 16.7. The number of nitrogens with one attached hydrogen (secondary N) is 1. The third-order valence-corrected chi connectivity index (χ3v) is 5.68. The lowest BCUT2D eigenvalue weighted by molar-refractivity contribution is 0.174. The standard InChI is InChI=1S/C27H21N3O2/c1-3-7-19(8-4-1)17-30-23(20-9-5-2-6-10-20)13-21-16-28-27(15-24(21)30)29-22-11-12-25-26(14-22)32-18-31-25/h1-16H,17-18H2,(H,28,29). The van der Waals surface area contributed by atoms with Crippen LogP contribution in [0.25, 0.3) is 22.2 Å². The number of hydrogen-bond donors (Lipinski definition) is 1. The summed E-state index contributed by atoms with van der Waals surface area (Å²) in [5.41, 5.74) is 5.65. The molecule has 5 aromatic rings. The first-order chi connectivity index (χ1) is 15.8. The van der Waals surface area contributed by atoms with Gasteiger partial charge in [-0.1, -0.05) is 60.7 Å². The lowest BCUT2D eigenvalue weighted by Gasteiger charge is -2.12. The Bertz CT molecular complexity index is 1400. The Morgan fingerprint density at radius 1 is 0.812 bits per heavy atom. The number of anilines is 2. The minimum atomic E-state index is 0.262. The minimum absolute atomic E-state index is 0.262. The van der Waals surface area contributed by atoms with E-state index in [9.17, 15) is 0 Å². The average Bonchev–Trinajstić information content (AvgIpc) is 3.45. The SMILES string of the molecule is c1ccc(Cn2c(-c3ccccc3)cc3cnc(Nc4ccc5c(c4)OCO5)cc32)cc1. The zero-order valence-electron chi connectivity index (χ0n) is 17.4. The van der Waals surface area contributed by atoms with Crippen LogP contribution in [0.2, 0.25) is 0 Å². The molecule has 0 bridgehead atoms. The molecule has 1 aliphatic rings. The fraction of sp³-hybridized carbons (Fsp3) is 0.0741. The third-order valence-electron chi connectivity index (χ3n) is 5.68. The van der Waals surface area contributed by atoms with Gasteiger partial charge in [-0.3, -0.25) is 0 Å². The van der Waals surface area contributed by atoms with Gasteiger partial charge in [0.2, 0.25) is 6.79 Å². The maximum Gasteiger partial charge on any atom is 0.231 e. The van der Waals surface area contributed by atoms with Crippen LogP contribution < -0.4 is 14.8 Å². The van der Waals surface area contributed by atoms with Gasteiger partial charge < -0.3 is 19.4 Å². The van der Waals surface area contributed by atoms with E-state index in [1.807, 2.05) is 36.5 Å². The molecule has 5 nitrogen and oxygen atoms in total. The number of pyridine rings is 1. The van der Waals surface area contributed by atoms with Crippen LogP contribution in [-0.2, 0) is 6.54 Å². The number of nitrogens with zero attached hydrogens (tertiary/aromatic N) is 2. The van der Waals surface area contributed by atoms with Crippen molar-refractivity contribution in [1.82, 2.24) is 9.55 Å². The van der Waals surface area contributed by atoms with Crippen LogP contribution in [0.3, 0.4) is 0 Å². The highest BCUT2D eigenvalue weighted by Gasteiger charge is 2.15. The van der Waals surface area contributed by atoms with Crippen LogP contribution in [0.1, 0.15) is 5.56 Å². The highest BCUT2D eigenvalue weighted by molar-refractivity contribution is 5.88. The Kier molecular flexibility index (Phi) is 4.50. The van der Waals surface area contributed by atoms with Crippen LogP contribution in [0.5, 0.6) is 11.5 Å². The maximum absolute atomic E-state index is 5.50. The maximum atomic E-state index is 5.50. The van der Waals surface area contributed by atoms with E-state index >= 15 is 0 Å². The van der Waals surface area contributed by atoms with Gasteiger partial charge in [0.05, 0.1) is 5.52 Å². The second-order valence-corrected chi connectivity index (χ2v) is 7.79. The van der Waals surface area contributed by atoms with E-state index in [0.29, 0.717) is 0 Å². The Balaban J connectivity index is 1.42. The largest absolute Gasteiger partial charge is 0.454 e. The summed E-state index contributed by atoms with van der Waals surface area (Å²) in [6.07, 6.45) is 1.93. The molecule has 32 heavy (non-hydrogen) atoms. The van der Waals surface area contributed by atoms with Gasteiger partial charge in [0.1, 0.15) is 5.82 Å². The fourth-order valence-electron chi connectivity index (χ4n) is 4.13. The first-order valence-electron chi connectivity index (χ1n) is 10.6. The van der Waals surface area contributed by atoms with Crippen molar-refractivity contribution in [2.45, 2.75) is 6.54 Å². The average molecular weight is 419 g/mol. The molecule has 2 aromatic heterocycles. The second kappa shape index (κ2) is 7.78. The van der Waals surface area contributed by atoms with Gasteiger partial charge in [-0.05, 0) is 29.3 Å².